The van der Waals surface area contributed by atoms with Crippen LogP contribution in [0.4, 0.5) is 0 Å². The highest BCUT2D eigenvalue weighted by molar-refractivity contribution is 6.35. The van der Waals surface area contributed by atoms with Crippen LogP contribution in [0.5, 0.6) is 0 Å². The molecule has 0 aliphatic rings. The Morgan fingerprint density at radius 2 is 1.92 bits per heavy atom. The molecule has 0 fully saturated rings. The maximum atomic E-state index is 12.5. The number of hydrogen-bond acceptors (Lipinski definition) is 2. The number of carbonyl (C=O) groups is 1. The molecule has 1 N–H and O–H groups in total. The average molecular weight is 382 g/mol. The molecule has 0 radical (unpaired) electrons. The van der Waals surface area contributed by atoms with Crippen molar-refractivity contribution < 1.29 is 4.79 Å². The van der Waals surface area contributed by atoms with E-state index < -0.39 is 0 Å². The number of benzene rings is 1. The summed E-state index contributed by atoms with van der Waals surface area (Å²) in [5, 5.41) is 8.70. The molecule has 1 heterocycles. The molecule has 1 aromatic carbocycles. The van der Waals surface area contributed by atoms with Crippen LogP contribution in [0.15, 0.2) is 18.2 Å². The van der Waals surface area contributed by atoms with Crippen LogP contribution in [0.3, 0.4) is 0 Å². The van der Waals surface area contributed by atoms with Crippen LogP contribution in [-0.4, -0.2) is 15.7 Å². The van der Waals surface area contributed by atoms with Gasteiger partial charge in [-0.05, 0) is 44.4 Å². The van der Waals surface area contributed by atoms with Gasteiger partial charge in [0.2, 0.25) is 5.91 Å². The van der Waals surface area contributed by atoms with Gasteiger partial charge in [0, 0.05) is 27.8 Å². The minimum Gasteiger partial charge on any atom is -0.349 e. The molecule has 1 unspecified atom stereocenters. The molecular weight excluding hydrogens is 357 g/mol. The second-order valence-corrected chi connectivity index (χ2v) is 7.70. The van der Waals surface area contributed by atoms with E-state index in [4.69, 9.17) is 23.2 Å². The summed E-state index contributed by atoms with van der Waals surface area (Å²) in [6, 6.07) is 5.11. The van der Waals surface area contributed by atoms with Crippen molar-refractivity contribution >= 4 is 29.1 Å². The zero-order valence-corrected chi connectivity index (χ0v) is 16.9. The summed E-state index contributed by atoms with van der Waals surface area (Å²) >= 11 is 12.1. The normalized spacial score (nSPS) is 12.5. The fourth-order valence-corrected chi connectivity index (χ4v) is 3.47. The maximum absolute atomic E-state index is 12.5. The van der Waals surface area contributed by atoms with E-state index in [1.807, 2.05) is 31.5 Å². The Bertz CT molecular complexity index is 768. The fourth-order valence-electron chi connectivity index (χ4n) is 2.90. The highest BCUT2D eigenvalue weighted by atomic mass is 35.5. The van der Waals surface area contributed by atoms with Crippen molar-refractivity contribution in [3.8, 4) is 0 Å². The van der Waals surface area contributed by atoms with Crippen LogP contribution in [-0.2, 0) is 17.8 Å². The number of amides is 1. The van der Waals surface area contributed by atoms with Crippen molar-refractivity contribution in [1.29, 1.82) is 0 Å². The van der Waals surface area contributed by atoms with Crippen molar-refractivity contribution in [3.05, 3.63) is 50.8 Å². The van der Waals surface area contributed by atoms with Crippen molar-refractivity contribution in [2.24, 2.45) is 5.92 Å². The number of nitrogens with one attached hydrogen (secondary N) is 1. The lowest BCUT2D eigenvalue weighted by molar-refractivity contribution is -0.121. The highest BCUT2D eigenvalue weighted by Gasteiger charge is 2.18. The molecule has 2 aromatic rings. The first kappa shape index (κ1) is 19.8. The summed E-state index contributed by atoms with van der Waals surface area (Å²) in [6.07, 6.45) is 0.311. The minimum absolute atomic E-state index is 0.0474. The molecule has 0 aliphatic carbocycles. The standard InChI is InChI=1S/C19H25Cl2N3O/c1-11(2)10-24-14(5)17(13(4)23-24)9-19(25)22-12(3)16-7-6-15(20)8-18(16)21/h6-8,11-12H,9-10H2,1-5H3,(H,22,25). The van der Waals surface area contributed by atoms with E-state index in [0.29, 0.717) is 22.4 Å². The molecule has 0 saturated carbocycles. The topological polar surface area (TPSA) is 46.9 Å². The summed E-state index contributed by atoms with van der Waals surface area (Å²) < 4.78 is 1.99. The molecule has 0 bridgehead atoms. The molecule has 0 spiro atoms. The van der Waals surface area contributed by atoms with Crippen molar-refractivity contribution in [2.45, 2.75) is 53.6 Å². The van der Waals surface area contributed by atoms with Gasteiger partial charge in [-0.1, -0.05) is 43.1 Å². The Kier molecular flexibility index (Phi) is 6.53. The van der Waals surface area contributed by atoms with Crippen LogP contribution in [0.2, 0.25) is 10.0 Å². The molecule has 4 nitrogen and oxygen atoms in total. The first-order chi connectivity index (χ1) is 11.7. The first-order valence-corrected chi connectivity index (χ1v) is 9.21. The first-order valence-electron chi connectivity index (χ1n) is 8.46. The average Bonchev–Trinajstić information content (AvgIpc) is 2.74. The van der Waals surface area contributed by atoms with Gasteiger partial charge in [0.15, 0.2) is 0 Å². The Morgan fingerprint density at radius 1 is 1.24 bits per heavy atom. The summed E-state index contributed by atoms with van der Waals surface area (Å²) in [5.41, 5.74) is 3.81. The Morgan fingerprint density at radius 3 is 2.52 bits per heavy atom. The third-order valence-corrected chi connectivity index (χ3v) is 4.78. The second-order valence-electron chi connectivity index (χ2n) is 6.86. The largest absolute Gasteiger partial charge is 0.349 e. The number of nitrogens with zero attached hydrogens (tertiary/aromatic N) is 2. The van der Waals surface area contributed by atoms with E-state index in [2.05, 4.69) is 24.3 Å². The fraction of sp³-hybridized carbons (Fsp3) is 0.474. The number of aromatic nitrogens is 2. The SMILES string of the molecule is Cc1nn(CC(C)C)c(C)c1CC(=O)NC(C)c1ccc(Cl)cc1Cl. The number of rotatable bonds is 6. The third kappa shape index (κ3) is 4.99. The quantitative estimate of drug-likeness (QED) is 0.774. The molecule has 0 saturated heterocycles. The van der Waals surface area contributed by atoms with E-state index in [9.17, 15) is 4.79 Å². The van der Waals surface area contributed by atoms with Crippen molar-refractivity contribution in [1.82, 2.24) is 15.1 Å². The van der Waals surface area contributed by atoms with Crippen LogP contribution in [0.1, 0.15) is 49.3 Å². The van der Waals surface area contributed by atoms with E-state index in [1.54, 1.807) is 12.1 Å². The van der Waals surface area contributed by atoms with Crippen molar-refractivity contribution in [3.63, 3.8) is 0 Å². The molecule has 6 heteroatoms. The zero-order valence-electron chi connectivity index (χ0n) is 15.4. The summed E-state index contributed by atoms with van der Waals surface area (Å²) in [6.45, 7) is 11.0. The maximum Gasteiger partial charge on any atom is 0.225 e. The van der Waals surface area contributed by atoms with Crippen LogP contribution < -0.4 is 5.32 Å². The van der Waals surface area contributed by atoms with Gasteiger partial charge in [-0.2, -0.15) is 5.10 Å². The zero-order chi connectivity index (χ0) is 18.7. The van der Waals surface area contributed by atoms with Gasteiger partial charge in [-0.3, -0.25) is 9.48 Å². The monoisotopic (exact) mass is 381 g/mol. The lowest BCUT2D eigenvalue weighted by Crippen LogP contribution is -2.28. The van der Waals surface area contributed by atoms with Crippen LogP contribution >= 0.6 is 23.2 Å². The smallest absolute Gasteiger partial charge is 0.225 e. The highest BCUT2D eigenvalue weighted by Crippen LogP contribution is 2.26. The summed E-state index contributed by atoms with van der Waals surface area (Å²) in [7, 11) is 0. The van der Waals surface area contributed by atoms with E-state index >= 15 is 0 Å². The molecule has 1 atom stereocenters. The van der Waals surface area contributed by atoms with E-state index in [-0.39, 0.29) is 11.9 Å². The third-order valence-electron chi connectivity index (χ3n) is 4.21. The number of hydrogen-bond donors (Lipinski definition) is 1. The van der Waals surface area contributed by atoms with E-state index in [1.165, 1.54) is 0 Å². The summed E-state index contributed by atoms with van der Waals surface area (Å²) in [4.78, 5) is 12.5. The van der Waals surface area contributed by atoms with Gasteiger partial charge in [0.25, 0.3) is 0 Å². The van der Waals surface area contributed by atoms with Gasteiger partial charge >= 0.3 is 0 Å². The lowest BCUT2D eigenvalue weighted by Gasteiger charge is -2.16. The molecule has 1 aromatic heterocycles. The van der Waals surface area contributed by atoms with Gasteiger partial charge in [-0.15, -0.1) is 0 Å². The number of halogens is 2. The Labute approximate surface area is 159 Å². The molecule has 25 heavy (non-hydrogen) atoms. The predicted molar refractivity (Wildman–Crippen MR) is 103 cm³/mol. The summed E-state index contributed by atoms with van der Waals surface area (Å²) in [5.74, 6) is 0.459. The van der Waals surface area contributed by atoms with Crippen molar-refractivity contribution in [2.75, 3.05) is 0 Å². The second kappa shape index (κ2) is 8.24. The van der Waals surface area contributed by atoms with E-state index in [0.717, 1.165) is 29.1 Å². The van der Waals surface area contributed by atoms with Gasteiger partial charge in [0.05, 0.1) is 18.2 Å². The minimum atomic E-state index is -0.191. The van der Waals surface area contributed by atoms with Gasteiger partial charge in [0.1, 0.15) is 0 Å². The molecule has 136 valence electrons. The van der Waals surface area contributed by atoms with Gasteiger partial charge < -0.3 is 5.32 Å². The molecular formula is C19H25Cl2N3O. The lowest BCUT2D eigenvalue weighted by atomic mass is 10.1. The predicted octanol–water partition coefficient (Wildman–Crippen LogP) is 4.88. The number of carbonyl (C=O) groups excluding carboxylic acids is 1. The van der Waals surface area contributed by atoms with Crippen LogP contribution in [0, 0.1) is 19.8 Å². The molecule has 2 rings (SSSR count). The molecule has 0 aliphatic heterocycles. The van der Waals surface area contributed by atoms with Crippen LogP contribution in [0.25, 0.3) is 0 Å². The molecule has 1 amide bonds. The Hall–Kier alpha value is -1.52. The van der Waals surface area contributed by atoms with Gasteiger partial charge in [-0.25, -0.2) is 0 Å². The number of aryl methyl sites for hydroxylation is 1. The Balaban J connectivity index is 2.08.